The third-order valence-electron chi connectivity index (χ3n) is 3.74. The van der Waals surface area contributed by atoms with Gasteiger partial charge in [0.05, 0.1) is 6.10 Å². The summed E-state index contributed by atoms with van der Waals surface area (Å²) >= 11 is 3.41. The highest BCUT2D eigenvalue weighted by atomic mass is 79.9. The smallest absolute Gasteiger partial charge is 0.0916 e. The number of hydrogen-bond donors (Lipinski definition) is 1. The lowest BCUT2D eigenvalue weighted by molar-refractivity contribution is 0.121. The Morgan fingerprint density at radius 1 is 1.26 bits per heavy atom. The van der Waals surface area contributed by atoms with E-state index < -0.39 is 6.10 Å². The molecule has 106 valence electrons. The van der Waals surface area contributed by atoms with Crippen molar-refractivity contribution in [3.63, 3.8) is 0 Å². The first-order valence-electron chi connectivity index (χ1n) is 6.99. The highest BCUT2D eigenvalue weighted by molar-refractivity contribution is 9.10. The van der Waals surface area contributed by atoms with Crippen molar-refractivity contribution in [2.24, 2.45) is 0 Å². The maximum atomic E-state index is 10.2. The van der Waals surface area contributed by atoms with Gasteiger partial charge in [-0.25, -0.2) is 0 Å². The van der Waals surface area contributed by atoms with Gasteiger partial charge in [0, 0.05) is 24.1 Å². The molecule has 0 bridgehead atoms. The van der Waals surface area contributed by atoms with Gasteiger partial charge in [-0.1, -0.05) is 28.1 Å². The molecule has 1 aromatic rings. The number of aliphatic hydroxyl groups excluding tert-OH is 1. The van der Waals surface area contributed by atoms with Crippen LogP contribution < -0.4 is 0 Å². The summed E-state index contributed by atoms with van der Waals surface area (Å²) in [4.78, 5) is 4.72. The number of halogens is 1. The minimum Gasteiger partial charge on any atom is -0.387 e. The number of likely N-dealkylation sites (N-methyl/N-ethyl adjacent to an activating group) is 1. The number of hydrogen-bond acceptors (Lipinski definition) is 3. The lowest BCUT2D eigenvalue weighted by atomic mass is 10.1. The van der Waals surface area contributed by atoms with Crippen LogP contribution in [0.1, 0.15) is 24.5 Å². The second-order valence-electron chi connectivity index (χ2n) is 5.38. The fourth-order valence-corrected chi connectivity index (χ4v) is 2.76. The number of likely N-dealkylation sites (tertiary alicyclic amines) is 1. The zero-order valence-electron chi connectivity index (χ0n) is 11.6. The molecule has 19 heavy (non-hydrogen) atoms. The Morgan fingerprint density at radius 2 is 1.89 bits per heavy atom. The molecule has 0 aliphatic carbocycles. The van der Waals surface area contributed by atoms with Crippen molar-refractivity contribution in [2.45, 2.75) is 18.9 Å². The summed E-state index contributed by atoms with van der Waals surface area (Å²) < 4.78 is 1.05. The van der Waals surface area contributed by atoms with Crippen molar-refractivity contribution in [3.05, 3.63) is 34.3 Å². The summed E-state index contributed by atoms with van der Waals surface area (Å²) in [5, 5.41) is 10.2. The van der Waals surface area contributed by atoms with Gasteiger partial charge < -0.3 is 14.9 Å². The van der Waals surface area contributed by atoms with Crippen molar-refractivity contribution in [1.82, 2.24) is 9.80 Å². The predicted octanol–water partition coefficient (Wildman–Crippen LogP) is 2.51. The summed E-state index contributed by atoms with van der Waals surface area (Å²) in [6, 6.07) is 7.90. The Balaban J connectivity index is 1.74. The topological polar surface area (TPSA) is 26.7 Å². The number of rotatable bonds is 6. The van der Waals surface area contributed by atoms with Crippen molar-refractivity contribution < 1.29 is 5.11 Å². The molecular weight excluding hydrogens is 304 g/mol. The largest absolute Gasteiger partial charge is 0.387 e. The highest BCUT2D eigenvalue weighted by Crippen LogP contribution is 2.17. The first-order chi connectivity index (χ1) is 9.15. The van der Waals surface area contributed by atoms with Crippen LogP contribution in [-0.2, 0) is 0 Å². The molecule has 0 amide bonds. The van der Waals surface area contributed by atoms with Crippen LogP contribution in [0.25, 0.3) is 0 Å². The Bertz CT molecular complexity index is 376. The zero-order chi connectivity index (χ0) is 13.7. The van der Waals surface area contributed by atoms with Crippen LogP contribution in [0, 0.1) is 0 Å². The molecule has 1 atom stereocenters. The van der Waals surface area contributed by atoms with Crippen LogP contribution >= 0.6 is 15.9 Å². The number of benzene rings is 1. The molecule has 1 N–H and O–H groups in total. The summed E-state index contributed by atoms with van der Waals surface area (Å²) in [5.41, 5.74) is 0.983. The van der Waals surface area contributed by atoms with E-state index in [1.54, 1.807) is 0 Å². The van der Waals surface area contributed by atoms with Gasteiger partial charge in [-0.05, 0) is 50.7 Å². The van der Waals surface area contributed by atoms with E-state index in [9.17, 15) is 5.11 Å². The average molecular weight is 327 g/mol. The van der Waals surface area contributed by atoms with E-state index in [4.69, 9.17) is 0 Å². The SMILES string of the molecule is CN(CCN1CCCC1)CC(O)c1ccc(Br)cc1. The van der Waals surface area contributed by atoms with E-state index >= 15 is 0 Å². The summed E-state index contributed by atoms with van der Waals surface area (Å²) in [5.74, 6) is 0. The van der Waals surface area contributed by atoms with Crippen molar-refractivity contribution in [2.75, 3.05) is 39.8 Å². The molecule has 3 nitrogen and oxygen atoms in total. The van der Waals surface area contributed by atoms with Crippen molar-refractivity contribution in [3.8, 4) is 0 Å². The quantitative estimate of drug-likeness (QED) is 0.870. The zero-order valence-corrected chi connectivity index (χ0v) is 13.1. The molecule has 0 saturated carbocycles. The van der Waals surface area contributed by atoms with Gasteiger partial charge in [0.15, 0.2) is 0 Å². The van der Waals surface area contributed by atoms with Gasteiger partial charge in [0.2, 0.25) is 0 Å². The van der Waals surface area contributed by atoms with Gasteiger partial charge in [-0.2, -0.15) is 0 Å². The monoisotopic (exact) mass is 326 g/mol. The maximum absolute atomic E-state index is 10.2. The lowest BCUT2D eigenvalue weighted by Gasteiger charge is -2.23. The van der Waals surface area contributed by atoms with Crippen LogP contribution in [0.3, 0.4) is 0 Å². The minimum absolute atomic E-state index is 0.406. The van der Waals surface area contributed by atoms with Crippen LogP contribution in [0.5, 0.6) is 0 Å². The molecule has 1 fully saturated rings. The molecule has 1 unspecified atom stereocenters. The standard InChI is InChI=1S/C15H23BrN2O/c1-17(10-11-18-8-2-3-9-18)12-15(19)13-4-6-14(16)7-5-13/h4-7,15,19H,2-3,8-12H2,1H3. The fourth-order valence-electron chi connectivity index (χ4n) is 2.50. The molecule has 0 spiro atoms. The fraction of sp³-hybridized carbons (Fsp3) is 0.600. The van der Waals surface area contributed by atoms with Crippen molar-refractivity contribution in [1.29, 1.82) is 0 Å². The molecule has 1 aliphatic rings. The second kappa shape index (κ2) is 7.39. The summed E-state index contributed by atoms with van der Waals surface area (Å²) in [7, 11) is 2.08. The normalized spacial score (nSPS) is 18.1. The molecule has 1 heterocycles. The van der Waals surface area contributed by atoms with Crippen LogP contribution in [-0.4, -0.2) is 54.7 Å². The third-order valence-corrected chi connectivity index (χ3v) is 4.26. The van der Waals surface area contributed by atoms with Gasteiger partial charge in [0.25, 0.3) is 0 Å². The van der Waals surface area contributed by atoms with Crippen LogP contribution in [0.2, 0.25) is 0 Å². The summed E-state index contributed by atoms with van der Waals surface area (Å²) in [6.07, 6.45) is 2.27. The number of aliphatic hydroxyl groups is 1. The summed E-state index contributed by atoms with van der Waals surface area (Å²) in [6.45, 7) is 5.30. The van der Waals surface area contributed by atoms with E-state index in [0.717, 1.165) is 23.1 Å². The van der Waals surface area contributed by atoms with Crippen molar-refractivity contribution >= 4 is 15.9 Å². The predicted molar refractivity (Wildman–Crippen MR) is 82.3 cm³/mol. The Labute approximate surface area is 124 Å². The van der Waals surface area contributed by atoms with Crippen LogP contribution in [0.15, 0.2) is 28.7 Å². The van der Waals surface area contributed by atoms with Gasteiger partial charge >= 0.3 is 0 Å². The maximum Gasteiger partial charge on any atom is 0.0916 e. The number of nitrogens with zero attached hydrogens (tertiary/aromatic N) is 2. The molecule has 2 rings (SSSR count). The first kappa shape index (κ1) is 15.0. The van der Waals surface area contributed by atoms with E-state index in [0.29, 0.717) is 6.54 Å². The Hall–Kier alpha value is -0.420. The lowest BCUT2D eigenvalue weighted by Crippen LogP contribution is -2.33. The highest BCUT2D eigenvalue weighted by Gasteiger charge is 2.14. The minimum atomic E-state index is -0.406. The first-order valence-corrected chi connectivity index (χ1v) is 7.79. The molecule has 1 aliphatic heterocycles. The molecule has 1 saturated heterocycles. The van der Waals surface area contributed by atoms with Crippen LogP contribution in [0.4, 0.5) is 0 Å². The average Bonchev–Trinajstić information content (AvgIpc) is 2.90. The molecular formula is C15H23BrN2O. The molecule has 0 aromatic heterocycles. The van der Waals surface area contributed by atoms with E-state index in [2.05, 4.69) is 32.8 Å². The molecule has 0 radical (unpaired) electrons. The van der Waals surface area contributed by atoms with Gasteiger partial charge in [-0.3, -0.25) is 0 Å². The van der Waals surface area contributed by atoms with E-state index in [1.165, 1.54) is 25.9 Å². The molecule has 4 heteroatoms. The third kappa shape index (κ3) is 4.88. The second-order valence-corrected chi connectivity index (χ2v) is 6.29. The van der Waals surface area contributed by atoms with E-state index in [1.807, 2.05) is 24.3 Å². The van der Waals surface area contributed by atoms with E-state index in [-0.39, 0.29) is 0 Å². The van der Waals surface area contributed by atoms with Gasteiger partial charge in [0.1, 0.15) is 0 Å². The Morgan fingerprint density at radius 3 is 2.53 bits per heavy atom. The Kier molecular flexibility index (Phi) is 5.82. The van der Waals surface area contributed by atoms with Gasteiger partial charge in [-0.15, -0.1) is 0 Å². The molecule has 1 aromatic carbocycles.